The molecule has 0 atom stereocenters. The van der Waals surface area contributed by atoms with Crippen molar-refractivity contribution in [2.45, 2.75) is 9.79 Å². The Kier molecular flexibility index (Phi) is 7.97. The molecule has 0 bridgehead atoms. The minimum absolute atomic E-state index is 0.197. The lowest BCUT2D eigenvalue weighted by Crippen LogP contribution is -2.17. The van der Waals surface area contributed by atoms with Gasteiger partial charge in [0, 0.05) is 43.1 Å². The van der Waals surface area contributed by atoms with Crippen molar-refractivity contribution in [3.63, 3.8) is 0 Å². The van der Waals surface area contributed by atoms with E-state index in [1.54, 1.807) is 0 Å². The fourth-order valence-electron chi connectivity index (χ4n) is 11.1. The zero-order valence-corrected chi connectivity index (χ0v) is 36.8. The van der Waals surface area contributed by atoms with Crippen LogP contribution in [0, 0.1) is 0 Å². The second kappa shape index (κ2) is 14.2. The molecule has 10 aromatic carbocycles. The maximum absolute atomic E-state index is 17.5. The zero-order valence-electron chi connectivity index (χ0n) is 36.0. The highest BCUT2D eigenvalue weighted by atomic mass is 32.2. The third-order valence-electron chi connectivity index (χ3n) is 13.8. The first-order chi connectivity index (χ1) is 33.1. The highest BCUT2D eigenvalue weighted by molar-refractivity contribution is 7.92. The van der Waals surface area contributed by atoms with Crippen molar-refractivity contribution in [2.75, 3.05) is 0 Å². The summed E-state index contributed by atoms with van der Waals surface area (Å²) in [5.74, 6) is 0. The van der Waals surface area contributed by atoms with Gasteiger partial charge in [-0.25, -0.2) is 8.42 Å². The Bertz CT molecular complexity index is 3730. The maximum atomic E-state index is 17.5. The summed E-state index contributed by atoms with van der Waals surface area (Å²) >= 11 is 0. The van der Waals surface area contributed by atoms with Crippen LogP contribution in [-0.4, -0.2) is 26.7 Å². The average Bonchev–Trinajstić information content (AvgIpc) is 4.11. The van der Waals surface area contributed by atoms with Gasteiger partial charge in [-0.2, -0.15) is 0 Å². The Hall–Kier alpha value is -8.65. The Morgan fingerprint density at radius 2 is 0.373 bits per heavy atom. The van der Waals surface area contributed by atoms with Crippen molar-refractivity contribution in [3.05, 3.63) is 231 Å². The number of fused-ring (bicyclic) bond motifs is 12. The van der Waals surface area contributed by atoms with Gasteiger partial charge < -0.3 is 18.3 Å². The van der Waals surface area contributed by atoms with Crippen molar-refractivity contribution in [2.24, 2.45) is 0 Å². The number of aromatic nitrogens is 4. The molecule has 0 saturated heterocycles. The van der Waals surface area contributed by atoms with Crippen LogP contribution in [0.4, 0.5) is 0 Å². The minimum atomic E-state index is -4.60. The van der Waals surface area contributed by atoms with Crippen LogP contribution in [0.1, 0.15) is 0 Å². The summed E-state index contributed by atoms with van der Waals surface area (Å²) in [6, 6.07) is 78.2. The third kappa shape index (κ3) is 5.23. The van der Waals surface area contributed by atoms with Crippen LogP contribution in [0.3, 0.4) is 0 Å². The van der Waals surface area contributed by atoms with E-state index in [1.807, 2.05) is 133 Å². The number of hydrogen-bond acceptors (Lipinski definition) is 2. The van der Waals surface area contributed by atoms with Crippen molar-refractivity contribution in [1.29, 1.82) is 0 Å². The molecule has 6 nitrogen and oxygen atoms in total. The van der Waals surface area contributed by atoms with Gasteiger partial charge in [0.1, 0.15) is 9.79 Å². The summed E-state index contributed by atoms with van der Waals surface area (Å²) in [4.78, 5) is 0.395. The first-order valence-electron chi connectivity index (χ1n) is 22.5. The molecular formula is C60H38N4O2S. The fourth-order valence-corrected chi connectivity index (χ4v) is 13.1. The van der Waals surface area contributed by atoms with E-state index in [4.69, 9.17) is 0 Å². The number of rotatable bonds is 6. The molecule has 14 aromatic rings. The van der Waals surface area contributed by atoms with Crippen molar-refractivity contribution in [3.8, 4) is 22.7 Å². The number of nitrogens with zero attached hydrogens (tertiary/aromatic N) is 4. The first kappa shape index (κ1) is 37.7. The molecule has 0 amide bonds. The molecule has 0 spiro atoms. The lowest BCUT2D eigenvalue weighted by molar-refractivity contribution is 0.594. The monoisotopic (exact) mass is 878 g/mol. The molecule has 7 heteroatoms. The van der Waals surface area contributed by atoms with Crippen molar-refractivity contribution in [1.82, 2.24) is 18.3 Å². The van der Waals surface area contributed by atoms with Gasteiger partial charge in [-0.3, -0.25) is 0 Å². The molecule has 0 aliphatic rings. The summed E-state index contributed by atoms with van der Waals surface area (Å²) in [7, 11) is -4.60. The van der Waals surface area contributed by atoms with Crippen LogP contribution < -0.4 is 0 Å². The molecule has 0 aliphatic carbocycles. The van der Waals surface area contributed by atoms with E-state index >= 15 is 8.42 Å². The molecule has 316 valence electrons. The quantitative estimate of drug-likeness (QED) is 0.167. The second-order valence-corrected chi connectivity index (χ2v) is 19.1. The van der Waals surface area contributed by atoms with Gasteiger partial charge in [-0.1, -0.05) is 158 Å². The molecule has 0 N–H and O–H groups in total. The van der Waals surface area contributed by atoms with Gasteiger partial charge in [-0.15, -0.1) is 0 Å². The molecule has 14 rings (SSSR count). The normalized spacial score (nSPS) is 12.3. The predicted molar refractivity (Wildman–Crippen MR) is 276 cm³/mol. The zero-order chi connectivity index (χ0) is 44.4. The topological polar surface area (TPSA) is 53.9 Å². The lowest BCUT2D eigenvalue weighted by atomic mass is 10.2. The SMILES string of the molecule is O=S(=O)(c1c(-n2c3ccccc3c3ccccc32)cccc1-n1c2ccccc2c2ccccc21)c1c(-n2c3ccccc3c3ccccc32)cccc1-n1c2ccccc2c2ccccc21. The first-order valence-corrected chi connectivity index (χ1v) is 24.0. The van der Waals surface area contributed by atoms with Gasteiger partial charge in [0.25, 0.3) is 0 Å². The van der Waals surface area contributed by atoms with Crippen LogP contribution in [0.15, 0.2) is 240 Å². The Labute approximate surface area is 384 Å². The van der Waals surface area contributed by atoms with Crippen LogP contribution in [0.2, 0.25) is 0 Å². The van der Waals surface area contributed by atoms with Crippen LogP contribution in [0.25, 0.3) is 110 Å². The van der Waals surface area contributed by atoms with Gasteiger partial charge >= 0.3 is 0 Å². The second-order valence-electron chi connectivity index (χ2n) is 17.2. The molecule has 4 aromatic heterocycles. The Balaban J connectivity index is 1.21. The van der Waals surface area contributed by atoms with E-state index in [9.17, 15) is 0 Å². The number of para-hydroxylation sites is 8. The van der Waals surface area contributed by atoms with Crippen LogP contribution in [-0.2, 0) is 9.84 Å². The summed E-state index contributed by atoms with van der Waals surface area (Å²) in [5, 5.41) is 8.34. The summed E-state index contributed by atoms with van der Waals surface area (Å²) in [5.41, 5.74) is 9.55. The molecule has 67 heavy (non-hydrogen) atoms. The average molecular weight is 879 g/mol. The van der Waals surface area contributed by atoms with Gasteiger partial charge in [0.2, 0.25) is 9.84 Å². The molecule has 0 radical (unpaired) electrons. The number of sulfone groups is 1. The highest BCUT2D eigenvalue weighted by Gasteiger charge is 2.35. The molecular weight excluding hydrogens is 841 g/mol. The van der Waals surface area contributed by atoms with E-state index in [0.29, 0.717) is 22.7 Å². The van der Waals surface area contributed by atoms with Crippen molar-refractivity contribution < 1.29 is 8.42 Å². The van der Waals surface area contributed by atoms with E-state index in [-0.39, 0.29) is 9.79 Å². The van der Waals surface area contributed by atoms with E-state index in [0.717, 1.165) is 87.2 Å². The maximum Gasteiger partial charge on any atom is 0.214 e. The molecule has 0 saturated carbocycles. The Morgan fingerprint density at radius 3 is 0.552 bits per heavy atom. The number of benzene rings is 10. The van der Waals surface area contributed by atoms with Gasteiger partial charge in [0.15, 0.2) is 0 Å². The fraction of sp³-hybridized carbons (Fsp3) is 0. The van der Waals surface area contributed by atoms with Crippen molar-refractivity contribution >= 4 is 97.1 Å². The standard InChI is InChI=1S/C60H38N4O2S/c65-67(66,59-55(61-47-27-9-1-19-39(47)40-20-2-10-28-48(40)61)35-17-36-56(59)62-49-29-11-3-21-41(49)42-22-4-12-30-50(42)62)60-57(63-51-31-13-5-23-43(51)44-24-6-14-32-52(44)63)37-18-38-58(60)64-53-33-15-7-25-45(53)46-26-8-16-34-54(46)64/h1-38H. The van der Waals surface area contributed by atoms with Gasteiger partial charge in [-0.05, 0) is 72.8 Å². The van der Waals surface area contributed by atoms with E-state index in [2.05, 4.69) is 115 Å². The van der Waals surface area contributed by atoms with Gasteiger partial charge in [0.05, 0.1) is 66.9 Å². The largest absolute Gasteiger partial charge is 0.308 e. The van der Waals surface area contributed by atoms with E-state index in [1.165, 1.54) is 0 Å². The minimum Gasteiger partial charge on any atom is -0.308 e. The summed E-state index contributed by atoms with van der Waals surface area (Å²) in [6.45, 7) is 0. The van der Waals surface area contributed by atoms with Crippen LogP contribution >= 0.6 is 0 Å². The Morgan fingerprint density at radius 1 is 0.209 bits per heavy atom. The molecule has 0 aliphatic heterocycles. The summed E-state index contributed by atoms with van der Waals surface area (Å²) < 4.78 is 43.7. The molecule has 0 fully saturated rings. The molecule has 4 heterocycles. The smallest absolute Gasteiger partial charge is 0.214 e. The molecule has 0 unspecified atom stereocenters. The van der Waals surface area contributed by atoms with E-state index < -0.39 is 9.84 Å². The predicted octanol–water partition coefficient (Wildman–Crippen LogP) is 14.9. The number of hydrogen-bond donors (Lipinski definition) is 0. The summed E-state index contributed by atoms with van der Waals surface area (Å²) in [6.07, 6.45) is 0. The highest BCUT2D eigenvalue weighted by Crippen LogP contribution is 2.46. The lowest BCUT2D eigenvalue weighted by Gasteiger charge is -2.24. The third-order valence-corrected chi connectivity index (χ3v) is 15.7. The van der Waals surface area contributed by atoms with Crippen LogP contribution in [0.5, 0.6) is 0 Å².